The smallest absolute Gasteiger partial charge is 0.199 e. The van der Waals surface area contributed by atoms with Crippen molar-refractivity contribution in [3.63, 3.8) is 0 Å². The molecule has 0 radical (unpaired) electrons. The molecule has 3 nitrogen and oxygen atoms in total. The maximum Gasteiger partial charge on any atom is 0.199 e. The van der Waals surface area contributed by atoms with Crippen LogP contribution in [0.25, 0.3) is 0 Å². The van der Waals surface area contributed by atoms with Crippen molar-refractivity contribution in [2.75, 3.05) is 12.1 Å². The zero-order valence-electron chi connectivity index (χ0n) is 10.9. The lowest BCUT2D eigenvalue weighted by Crippen LogP contribution is -2.48. The SMILES string of the molecule is CN(N)c1nc(C23CC4CC(CC(C4)C2)C3)cs1. The highest BCUT2D eigenvalue weighted by Gasteiger charge is 2.52. The summed E-state index contributed by atoms with van der Waals surface area (Å²) in [5.41, 5.74) is 1.76. The van der Waals surface area contributed by atoms with E-state index in [1.165, 1.54) is 44.2 Å². The summed E-state index contributed by atoms with van der Waals surface area (Å²) in [4.78, 5) is 4.82. The molecule has 18 heavy (non-hydrogen) atoms. The summed E-state index contributed by atoms with van der Waals surface area (Å²) in [5, 5.41) is 4.88. The molecule has 0 amide bonds. The molecule has 4 aliphatic carbocycles. The molecule has 4 heteroatoms. The second-order valence-corrected chi connectivity index (χ2v) is 7.66. The minimum atomic E-state index is 0.416. The van der Waals surface area contributed by atoms with Gasteiger partial charge in [-0.15, -0.1) is 11.3 Å². The van der Waals surface area contributed by atoms with Crippen molar-refractivity contribution in [1.82, 2.24) is 4.98 Å². The minimum absolute atomic E-state index is 0.416. The van der Waals surface area contributed by atoms with Gasteiger partial charge >= 0.3 is 0 Å². The van der Waals surface area contributed by atoms with Gasteiger partial charge in [0.05, 0.1) is 5.69 Å². The van der Waals surface area contributed by atoms with Gasteiger partial charge in [0, 0.05) is 17.8 Å². The number of thiazole rings is 1. The normalized spacial score (nSPS) is 41.3. The zero-order chi connectivity index (χ0) is 12.3. The summed E-state index contributed by atoms with van der Waals surface area (Å²) in [6.07, 6.45) is 8.64. The van der Waals surface area contributed by atoms with Crippen LogP contribution in [0.2, 0.25) is 0 Å². The molecular weight excluding hydrogens is 242 g/mol. The summed E-state index contributed by atoms with van der Waals surface area (Å²) in [6, 6.07) is 0. The number of hydrogen-bond acceptors (Lipinski definition) is 4. The Morgan fingerprint density at radius 3 is 2.22 bits per heavy atom. The van der Waals surface area contributed by atoms with E-state index in [1.54, 1.807) is 16.3 Å². The average Bonchev–Trinajstić information content (AvgIpc) is 2.76. The molecule has 0 unspecified atom stereocenters. The number of hydrogen-bond donors (Lipinski definition) is 1. The molecule has 4 saturated carbocycles. The highest BCUT2D eigenvalue weighted by molar-refractivity contribution is 7.13. The molecule has 4 bridgehead atoms. The fourth-order valence-electron chi connectivity index (χ4n) is 5.09. The highest BCUT2D eigenvalue weighted by atomic mass is 32.1. The Balaban J connectivity index is 1.70. The van der Waals surface area contributed by atoms with Crippen LogP contribution < -0.4 is 10.9 Å². The van der Waals surface area contributed by atoms with Crippen molar-refractivity contribution < 1.29 is 0 Å². The fraction of sp³-hybridized carbons (Fsp3) is 0.786. The Bertz CT molecular complexity index is 430. The first-order chi connectivity index (χ1) is 8.64. The number of anilines is 1. The van der Waals surface area contributed by atoms with E-state index in [4.69, 9.17) is 10.8 Å². The zero-order valence-corrected chi connectivity index (χ0v) is 11.7. The predicted molar refractivity (Wildman–Crippen MR) is 74.6 cm³/mol. The number of aromatic nitrogens is 1. The van der Waals surface area contributed by atoms with Crippen LogP contribution in [-0.2, 0) is 5.41 Å². The number of nitrogens with zero attached hydrogens (tertiary/aromatic N) is 2. The van der Waals surface area contributed by atoms with E-state index in [-0.39, 0.29) is 0 Å². The van der Waals surface area contributed by atoms with Crippen LogP contribution in [0.15, 0.2) is 5.38 Å². The molecule has 0 aromatic carbocycles. The Kier molecular flexibility index (Phi) is 2.31. The minimum Gasteiger partial charge on any atom is -0.289 e. The van der Waals surface area contributed by atoms with Crippen molar-refractivity contribution in [2.45, 2.75) is 43.9 Å². The second-order valence-electron chi connectivity index (χ2n) is 6.82. The second kappa shape index (κ2) is 3.70. The van der Waals surface area contributed by atoms with Gasteiger partial charge in [0.2, 0.25) is 0 Å². The number of rotatable bonds is 2. The fourth-order valence-corrected chi connectivity index (χ4v) is 5.93. The molecule has 4 fully saturated rings. The van der Waals surface area contributed by atoms with Gasteiger partial charge in [-0.1, -0.05) is 0 Å². The molecule has 0 atom stereocenters. The van der Waals surface area contributed by atoms with Gasteiger partial charge in [0.25, 0.3) is 0 Å². The van der Waals surface area contributed by atoms with Gasteiger partial charge in [-0.2, -0.15) is 0 Å². The van der Waals surface area contributed by atoms with Gasteiger partial charge in [0.1, 0.15) is 0 Å². The molecule has 0 aliphatic heterocycles. The Hall–Kier alpha value is -0.610. The maximum atomic E-state index is 5.80. The van der Waals surface area contributed by atoms with Crippen LogP contribution >= 0.6 is 11.3 Å². The molecule has 98 valence electrons. The molecular formula is C14H21N3S. The van der Waals surface area contributed by atoms with Crippen LogP contribution in [0, 0.1) is 17.8 Å². The van der Waals surface area contributed by atoms with E-state index >= 15 is 0 Å². The van der Waals surface area contributed by atoms with E-state index in [2.05, 4.69) is 5.38 Å². The van der Waals surface area contributed by atoms with Gasteiger partial charge in [-0.3, -0.25) is 5.01 Å². The molecule has 1 heterocycles. The molecule has 4 aliphatic rings. The third-order valence-corrected chi connectivity index (χ3v) is 6.31. The predicted octanol–water partition coefficient (Wildman–Crippen LogP) is 2.92. The lowest BCUT2D eigenvalue weighted by molar-refractivity contribution is -0.00689. The quantitative estimate of drug-likeness (QED) is 0.659. The first kappa shape index (κ1) is 11.2. The standard InChI is InChI=1S/C14H21N3S/c1-17(15)13-16-12(8-18-13)14-5-9-2-10(6-14)4-11(3-9)7-14/h8-11H,2-7,15H2,1H3. The van der Waals surface area contributed by atoms with Crippen LogP contribution in [0.1, 0.15) is 44.2 Å². The molecule has 2 N–H and O–H groups in total. The monoisotopic (exact) mass is 263 g/mol. The van der Waals surface area contributed by atoms with Crippen LogP contribution in [0.3, 0.4) is 0 Å². The third kappa shape index (κ3) is 1.55. The average molecular weight is 263 g/mol. The van der Waals surface area contributed by atoms with E-state index in [0.717, 1.165) is 22.9 Å². The van der Waals surface area contributed by atoms with Crippen molar-refractivity contribution in [2.24, 2.45) is 23.6 Å². The molecule has 0 spiro atoms. The maximum absolute atomic E-state index is 5.80. The van der Waals surface area contributed by atoms with Gasteiger partial charge in [0.15, 0.2) is 5.13 Å². The molecule has 1 aromatic heterocycles. The van der Waals surface area contributed by atoms with Crippen molar-refractivity contribution in [3.8, 4) is 0 Å². The van der Waals surface area contributed by atoms with E-state index in [1.807, 2.05) is 7.05 Å². The number of hydrazine groups is 1. The summed E-state index contributed by atoms with van der Waals surface area (Å²) < 4.78 is 0. The first-order valence-electron chi connectivity index (χ1n) is 7.09. The van der Waals surface area contributed by atoms with Crippen molar-refractivity contribution in [3.05, 3.63) is 11.1 Å². The van der Waals surface area contributed by atoms with Crippen LogP contribution in [0.4, 0.5) is 5.13 Å². The van der Waals surface area contributed by atoms with Crippen LogP contribution in [-0.4, -0.2) is 12.0 Å². The largest absolute Gasteiger partial charge is 0.289 e. The van der Waals surface area contributed by atoms with Crippen LogP contribution in [0.5, 0.6) is 0 Å². The van der Waals surface area contributed by atoms with E-state index < -0.39 is 0 Å². The Labute approximate surface area is 112 Å². The molecule has 5 rings (SSSR count). The lowest BCUT2D eigenvalue weighted by Gasteiger charge is -2.56. The van der Waals surface area contributed by atoms with Crippen molar-refractivity contribution >= 4 is 16.5 Å². The Morgan fingerprint density at radius 2 is 1.78 bits per heavy atom. The summed E-state index contributed by atoms with van der Waals surface area (Å²) in [5.74, 6) is 8.75. The van der Waals surface area contributed by atoms with E-state index in [0.29, 0.717) is 5.41 Å². The Morgan fingerprint density at radius 1 is 1.22 bits per heavy atom. The molecule has 0 saturated heterocycles. The van der Waals surface area contributed by atoms with E-state index in [9.17, 15) is 0 Å². The lowest BCUT2D eigenvalue weighted by atomic mass is 9.49. The first-order valence-corrected chi connectivity index (χ1v) is 7.97. The summed E-state index contributed by atoms with van der Waals surface area (Å²) >= 11 is 1.70. The van der Waals surface area contributed by atoms with Gasteiger partial charge in [-0.05, 0) is 56.3 Å². The van der Waals surface area contributed by atoms with Gasteiger partial charge in [-0.25, -0.2) is 10.8 Å². The third-order valence-electron chi connectivity index (χ3n) is 5.38. The van der Waals surface area contributed by atoms with Gasteiger partial charge < -0.3 is 0 Å². The summed E-state index contributed by atoms with van der Waals surface area (Å²) in [7, 11) is 1.88. The highest BCUT2D eigenvalue weighted by Crippen LogP contribution is 2.60. The topological polar surface area (TPSA) is 42.1 Å². The number of nitrogens with two attached hydrogens (primary N) is 1. The summed E-state index contributed by atoms with van der Waals surface area (Å²) in [6.45, 7) is 0. The molecule has 1 aromatic rings. The van der Waals surface area contributed by atoms with Crippen molar-refractivity contribution in [1.29, 1.82) is 0 Å².